The fourth-order valence-electron chi connectivity index (χ4n) is 1.23. The van der Waals surface area contributed by atoms with Crippen molar-refractivity contribution in [3.63, 3.8) is 0 Å². The van der Waals surface area contributed by atoms with Crippen molar-refractivity contribution in [3.05, 3.63) is 52.2 Å². The Balaban J connectivity index is 2.35. The van der Waals surface area contributed by atoms with Crippen LogP contribution in [-0.4, -0.2) is 28.2 Å². The maximum atomic E-state index is 5.53. The summed E-state index contributed by atoms with van der Waals surface area (Å²) in [7, 11) is 0. The Bertz CT molecular complexity index is 459. The normalized spacial score (nSPS) is 9.00. The van der Waals surface area contributed by atoms with Crippen LogP contribution >= 0.6 is 0 Å². The molecule has 18 heavy (non-hydrogen) atoms. The van der Waals surface area contributed by atoms with Crippen LogP contribution in [0.3, 0.4) is 0 Å². The first-order valence-electron chi connectivity index (χ1n) is 5.96. The summed E-state index contributed by atoms with van der Waals surface area (Å²) in [6, 6.07) is 9.96. The minimum absolute atomic E-state index is 0.457. The molecular weight excluding hydrogens is 287 g/mol. The van der Waals surface area contributed by atoms with E-state index in [0.29, 0.717) is 28.2 Å². The zero-order valence-electron chi connectivity index (χ0n) is 10.9. The van der Waals surface area contributed by atoms with Crippen LogP contribution < -0.4 is 0 Å². The third kappa shape index (κ3) is 6.50. The fourth-order valence-corrected chi connectivity index (χ4v) is 2.07. The Labute approximate surface area is 116 Å². The van der Waals surface area contributed by atoms with Crippen molar-refractivity contribution in [3.8, 4) is 11.8 Å². The zero-order chi connectivity index (χ0) is 13.1. The summed E-state index contributed by atoms with van der Waals surface area (Å²) >= 11 is 0.457. The van der Waals surface area contributed by atoms with Gasteiger partial charge in [0.2, 0.25) is 0 Å². The molecule has 0 aliphatic carbocycles. The van der Waals surface area contributed by atoms with E-state index in [1.165, 1.54) is 4.47 Å². The Morgan fingerprint density at radius 3 is 2.78 bits per heavy atom. The zero-order valence-corrected chi connectivity index (χ0v) is 12.6. The SMILES string of the molecule is CCC=C=C(COCC#Cc1ccccc1)[Se]C. The van der Waals surface area contributed by atoms with Crippen LogP contribution in [0.25, 0.3) is 0 Å². The predicted octanol–water partition coefficient (Wildman–Crippen LogP) is 3.26. The molecule has 0 N–H and O–H groups in total. The molecule has 2 heteroatoms. The van der Waals surface area contributed by atoms with E-state index >= 15 is 0 Å². The summed E-state index contributed by atoms with van der Waals surface area (Å²) in [4.78, 5) is 0. The molecule has 0 fully saturated rings. The molecule has 0 bridgehead atoms. The second kappa shape index (κ2) is 9.77. The van der Waals surface area contributed by atoms with Gasteiger partial charge in [-0.25, -0.2) is 0 Å². The summed E-state index contributed by atoms with van der Waals surface area (Å²) in [5, 5.41) is 0. The van der Waals surface area contributed by atoms with Crippen LogP contribution in [0.4, 0.5) is 0 Å². The summed E-state index contributed by atoms with van der Waals surface area (Å²) in [5.74, 6) is 8.27. The van der Waals surface area contributed by atoms with Crippen molar-refractivity contribution in [1.29, 1.82) is 0 Å². The molecular formula is C16H18OSe. The van der Waals surface area contributed by atoms with E-state index in [9.17, 15) is 0 Å². The van der Waals surface area contributed by atoms with E-state index in [0.717, 1.165) is 12.0 Å². The average Bonchev–Trinajstić information content (AvgIpc) is 2.43. The molecule has 1 rings (SSSR count). The van der Waals surface area contributed by atoms with Crippen LogP contribution in [0, 0.1) is 11.8 Å². The molecule has 0 saturated carbocycles. The molecule has 94 valence electrons. The van der Waals surface area contributed by atoms with E-state index in [1.54, 1.807) is 0 Å². The Hall–Kier alpha value is -1.22. The monoisotopic (exact) mass is 306 g/mol. The molecule has 0 radical (unpaired) electrons. The Morgan fingerprint density at radius 2 is 2.11 bits per heavy atom. The molecule has 0 aliphatic heterocycles. The third-order valence-electron chi connectivity index (χ3n) is 2.13. The van der Waals surface area contributed by atoms with Gasteiger partial charge < -0.3 is 0 Å². The minimum atomic E-state index is 0.457. The second-order valence-electron chi connectivity index (χ2n) is 3.54. The van der Waals surface area contributed by atoms with E-state index in [2.05, 4.69) is 36.4 Å². The number of hydrogen-bond acceptors (Lipinski definition) is 1. The van der Waals surface area contributed by atoms with Gasteiger partial charge >= 0.3 is 116 Å². The quantitative estimate of drug-likeness (QED) is 0.351. The number of ether oxygens (including phenoxy) is 1. The van der Waals surface area contributed by atoms with Crippen molar-refractivity contribution >= 4 is 15.0 Å². The van der Waals surface area contributed by atoms with Gasteiger partial charge in [-0.1, -0.05) is 0 Å². The van der Waals surface area contributed by atoms with E-state index in [4.69, 9.17) is 4.74 Å². The topological polar surface area (TPSA) is 9.23 Å². The molecule has 0 saturated heterocycles. The maximum absolute atomic E-state index is 5.53. The summed E-state index contributed by atoms with van der Waals surface area (Å²) in [5.41, 5.74) is 4.30. The molecule has 1 aromatic carbocycles. The summed E-state index contributed by atoms with van der Waals surface area (Å²) in [6.07, 6.45) is 3.08. The van der Waals surface area contributed by atoms with Crippen LogP contribution in [0.1, 0.15) is 18.9 Å². The molecule has 1 aromatic rings. The van der Waals surface area contributed by atoms with Gasteiger partial charge in [-0.15, -0.1) is 0 Å². The van der Waals surface area contributed by atoms with Crippen molar-refractivity contribution in [2.24, 2.45) is 0 Å². The number of benzene rings is 1. The predicted molar refractivity (Wildman–Crippen MR) is 77.6 cm³/mol. The van der Waals surface area contributed by atoms with Gasteiger partial charge in [0.25, 0.3) is 0 Å². The van der Waals surface area contributed by atoms with Crippen molar-refractivity contribution in [2.45, 2.75) is 19.2 Å². The Morgan fingerprint density at radius 1 is 1.33 bits per heavy atom. The first-order valence-corrected chi connectivity index (χ1v) is 8.53. The van der Waals surface area contributed by atoms with Gasteiger partial charge in [-0.2, -0.15) is 0 Å². The van der Waals surface area contributed by atoms with Gasteiger partial charge in [-0.05, 0) is 0 Å². The van der Waals surface area contributed by atoms with Crippen molar-refractivity contribution in [2.75, 3.05) is 13.2 Å². The number of hydrogen-bond donors (Lipinski definition) is 0. The summed E-state index contributed by atoms with van der Waals surface area (Å²) in [6.45, 7) is 3.23. The average molecular weight is 305 g/mol. The van der Waals surface area contributed by atoms with Crippen LogP contribution in [0.5, 0.6) is 0 Å². The van der Waals surface area contributed by atoms with Crippen molar-refractivity contribution < 1.29 is 4.74 Å². The molecule has 0 aromatic heterocycles. The van der Waals surface area contributed by atoms with Gasteiger partial charge in [0.05, 0.1) is 0 Å². The summed E-state index contributed by atoms with van der Waals surface area (Å²) < 4.78 is 6.78. The van der Waals surface area contributed by atoms with Crippen LogP contribution in [0.15, 0.2) is 46.6 Å². The van der Waals surface area contributed by atoms with Gasteiger partial charge in [0, 0.05) is 0 Å². The van der Waals surface area contributed by atoms with Gasteiger partial charge in [0.1, 0.15) is 0 Å². The molecule has 0 unspecified atom stereocenters. The molecule has 0 aliphatic rings. The Kier molecular flexibility index (Phi) is 8.06. The first kappa shape index (κ1) is 14.8. The second-order valence-corrected chi connectivity index (χ2v) is 5.44. The van der Waals surface area contributed by atoms with Crippen LogP contribution in [0.2, 0.25) is 5.82 Å². The van der Waals surface area contributed by atoms with E-state index < -0.39 is 0 Å². The van der Waals surface area contributed by atoms with Crippen LogP contribution in [-0.2, 0) is 4.74 Å². The third-order valence-corrected chi connectivity index (χ3v) is 3.66. The first-order chi connectivity index (χ1) is 8.86. The van der Waals surface area contributed by atoms with E-state index in [-0.39, 0.29) is 0 Å². The molecule has 0 spiro atoms. The molecule has 0 amide bonds. The fraction of sp³-hybridized carbons (Fsp3) is 0.312. The van der Waals surface area contributed by atoms with Crippen molar-refractivity contribution in [1.82, 2.24) is 0 Å². The standard InChI is InChI=1S/C16H18OSe/c1-3-4-12-16(18-2)14-17-13-8-11-15-9-6-5-7-10-15/h4-7,9-10H,3,13-14H2,1-2H3. The van der Waals surface area contributed by atoms with Gasteiger partial charge in [0.15, 0.2) is 0 Å². The molecule has 1 nitrogen and oxygen atoms in total. The van der Waals surface area contributed by atoms with E-state index in [1.807, 2.05) is 30.3 Å². The molecule has 0 heterocycles. The number of rotatable bonds is 5. The molecule has 0 atom stereocenters. The van der Waals surface area contributed by atoms with Gasteiger partial charge in [-0.3, -0.25) is 0 Å².